The van der Waals surface area contributed by atoms with Crippen molar-refractivity contribution in [2.75, 3.05) is 45.5 Å². The van der Waals surface area contributed by atoms with Gasteiger partial charge in [0.15, 0.2) is 0 Å². The van der Waals surface area contributed by atoms with Crippen molar-refractivity contribution in [3.63, 3.8) is 0 Å². The van der Waals surface area contributed by atoms with Crippen LogP contribution in [0.5, 0.6) is 0 Å². The predicted molar refractivity (Wildman–Crippen MR) is 88.6 cm³/mol. The van der Waals surface area contributed by atoms with Gasteiger partial charge in [0.05, 0.1) is 5.75 Å². The van der Waals surface area contributed by atoms with E-state index in [1.165, 1.54) is 5.56 Å². The standard InChI is InChI=1S/C16H25N3OS/c1-3-17-12-14-4-6-15(7-5-14)21-13-16(20)19-10-8-18(2)9-11-19/h4-7,17H,3,8-13H2,1-2H3. The summed E-state index contributed by atoms with van der Waals surface area (Å²) >= 11 is 1.63. The van der Waals surface area contributed by atoms with Crippen molar-refractivity contribution in [2.45, 2.75) is 18.4 Å². The quantitative estimate of drug-likeness (QED) is 0.811. The lowest BCUT2D eigenvalue weighted by Gasteiger charge is -2.32. The van der Waals surface area contributed by atoms with Crippen LogP contribution in [-0.2, 0) is 11.3 Å². The molecule has 1 heterocycles. The van der Waals surface area contributed by atoms with Crippen LogP contribution in [0.3, 0.4) is 0 Å². The Kier molecular flexibility index (Phi) is 6.54. The van der Waals surface area contributed by atoms with E-state index in [-0.39, 0.29) is 5.91 Å². The fourth-order valence-electron chi connectivity index (χ4n) is 2.27. The zero-order valence-corrected chi connectivity index (χ0v) is 13.8. The van der Waals surface area contributed by atoms with E-state index in [0.717, 1.165) is 44.2 Å². The minimum atomic E-state index is 0.254. The van der Waals surface area contributed by atoms with Gasteiger partial charge in [0.25, 0.3) is 0 Å². The van der Waals surface area contributed by atoms with Crippen molar-refractivity contribution in [2.24, 2.45) is 0 Å². The van der Waals surface area contributed by atoms with Crippen LogP contribution in [0.1, 0.15) is 12.5 Å². The lowest BCUT2D eigenvalue weighted by Crippen LogP contribution is -2.47. The van der Waals surface area contributed by atoms with Crippen LogP contribution in [0, 0.1) is 0 Å². The minimum Gasteiger partial charge on any atom is -0.339 e. The SMILES string of the molecule is CCNCc1ccc(SCC(=O)N2CCN(C)CC2)cc1. The van der Waals surface area contributed by atoms with Crippen molar-refractivity contribution < 1.29 is 4.79 Å². The molecule has 4 nitrogen and oxygen atoms in total. The smallest absolute Gasteiger partial charge is 0.233 e. The number of rotatable bonds is 6. The molecule has 1 aromatic rings. The van der Waals surface area contributed by atoms with Crippen molar-refractivity contribution in [3.8, 4) is 0 Å². The number of hydrogen-bond donors (Lipinski definition) is 1. The monoisotopic (exact) mass is 307 g/mol. The van der Waals surface area contributed by atoms with E-state index in [2.05, 4.69) is 48.5 Å². The molecule has 0 bridgehead atoms. The van der Waals surface area contributed by atoms with Gasteiger partial charge in [0, 0.05) is 37.6 Å². The van der Waals surface area contributed by atoms with Gasteiger partial charge in [-0.25, -0.2) is 0 Å². The summed E-state index contributed by atoms with van der Waals surface area (Å²) in [6, 6.07) is 8.47. The second kappa shape index (κ2) is 8.41. The van der Waals surface area contributed by atoms with Crippen molar-refractivity contribution in [1.29, 1.82) is 0 Å². The average molecular weight is 307 g/mol. The highest BCUT2D eigenvalue weighted by Crippen LogP contribution is 2.19. The summed E-state index contributed by atoms with van der Waals surface area (Å²) in [5, 5.41) is 3.31. The van der Waals surface area contributed by atoms with Gasteiger partial charge in [0.2, 0.25) is 5.91 Å². The summed E-state index contributed by atoms with van der Waals surface area (Å²) in [4.78, 5) is 17.6. The normalized spacial score (nSPS) is 16.2. The molecule has 1 aliphatic rings. The summed E-state index contributed by atoms with van der Waals surface area (Å²) in [5.41, 5.74) is 1.28. The Morgan fingerprint density at radius 3 is 2.48 bits per heavy atom. The van der Waals surface area contributed by atoms with Gasteiger partial charge in [-0.2, -0.15) is 0 Å². The lowest BCUT2D eigenvalue weighted by molar-refractivity contribution is -0.129. The number of carbonyl (C=O) groups excluding carboxylic acids is 1. The van der Waals surface area contributed by atoms with E-state index in [1.54, 1.807) is 11.8 Å². The second-order valence-electron chi connectivity index (χ2n) is 5.40. The Hall–Kier alpha value is -1.04. The predicted octanol–water partition coefficient (Wildman–Crippen LogP) is 1.66. The van der Waals surface area contributed by atoms with E-state index in [4.69, 9.17) is 0 Å². The lowest BCUT2D eigenvalue weighted by atomic mass is 10.2. The first-order valence-electron chi connectivity index (χ1n) is 7.58. The van der Waals surface area contributed by atoms with Crippen LogP contribution < -0.4 is 5.32 Å². The molecule has 1 amide bonds. The molecule has 21 heavy (non-hydrogen) atoms. The summed E-state index contributed by atoms with van der Waals surface area (Å²) < 4.78 is 0. The first-order chi connectivity index (χ1) is 10.2. The largest absolute Gasteiger partial charge is 0.339 e. The summed E-state index contributed by atoms with van der Waals surface area (Å²) in [6.45, 7) is 7.67. The van der Waals surface area contributed by atoms with Crippen LogP contribution in [0.25, 0.3) is 0 Å². The minimum absolute atomic E-state index is 0.254. The highest BCUT2D eigenvalue weighted by atomic mass is 32.2. The number of amides is 1. The molecule has 1 fully saturated rings. The molecule has 0 spiro atoms. The number of thioether (sulfide) groups is 1. The van der Waals surface area contributed by atoms with E-state index in [0.29, 0.717) is 5.75 Å². The molecule has 1 aromatic carbocycles. The summed E-state index contributed by atoms with van der Waals surface area (Å²) in [6.07, 6.45) is 0. The Balaban J connectivity index is 1.75. The molecule has 116 valence electrons. The molecule has 0 aromatic heterocycles. The summed E-state index contributed by atoms with van der Waals surface area (Å²) in [7, 11) is 2.10. The third kappa shape index (κ3) is 5.34. The second-order valence-corrected chi connectivity index (χ2v) is 6.45. The number of likely N-dealkylation sites (N-methyl/N-ethyl adjacent to an activating group) is 1. The van der Waals surface area contributed by atoms with Crippen LogP contribution in [-0.4, -0.2) is 61.2 Å². The molecule has 0 saturated carbocycles. The van der Waals surface area contributed by atoms with Crippen LogP contribution >= 0.6 is 11.8 Å². The van der Waals surface area contributed by atoms with E-state index in [1.807, 2.05) is 4.90 Å². The molecular weight excluding hydrogens is 282 g/mol. The highest BCUT2D eigenvalue weighted by molar-refractivity contribution is 8.00. The van der Waals surface area contributed by atoms with Gasteiger partial charge in [-0.05, 0) is 31.3 Å². The number of carbonyl (C=O) groups is 1. The average Bonchev–Trinajstić information content (AvgIpc) is 2.52. The van der Waals surface area contributed by atoms with Crippen molar-refractivity contribution in [1.82, 2.24) is 15.1 Å². The topological polar surface area (TPSA) is 35.6 Å². The molecule has 1 saturated heterocycles. The maximum absolute atomic E-state index is 12.2. The highest BCUT2D eigenvalue weighted by Gasteiger charge is 2.18. The van der Waals surface area contributed by atoms with Crippen LogP contribution in [0.2, 0.25) is 0 Å². The third-order valence-corrected chi connectivity index (χ3v) is 4.72. The first-order valence-corrected chi connectivity index (χ1v) is 8.56. The summed E-state index contributed by atoms with van der Waals surface area (Å²) in [5.74, 6) is 0.792. The number of nitrogens with one attached hydrogen (secondary N) is 1. The van der Waals surface area contributed by atoms with Gasteiger partial charge in [-0.1, -0.05) is 19.1 Å². The molecule has 1 aliphatic heterocycles. The molecule has 5 heteroatoms. The fourth-order valence-corrected chi connectivity index (χ4v) is 3.07. The van der Waals surface area contributed by atoms with Crippen LogP contribution in [0.15, 0.2) is 29.2 Å². The number of piperazine rings is 1. The van der Waals surface area contributed by atoms with Crippen LogP contribution in [0.4, 0.5) is 0 Å². The molecule has 2 rings (SSSR count). The Labute approximate surface area is 131 Å². The first kappa shape index (κ1) is 16.3. The Morgan fingerprint density at radius 2 is 1.86 bits per heavy atom. The number of hydrogen-bond acceptors (Lipinski definition) is 4. The number of nitrogens with zero attached hydrogens (tertiary/aromatic N) is 2. The molecule has 0 atom stereocenters. The fraction of sp³-hybridized carbons (Fsp3) is 0.562. The Bertz CT molecular complexity index is 441. The zero-order chi connectivity index (χ0) is 15.1. The molecule has 1 N–H and O–H groups in total. The zero-order valence-electron chi connectivity index (χ0n) is 13.0. The Morgan fingerprint density at radius 1 is 1.19 bits per heavy atom. The third-order valence-electron chi connectivity index (χ3n) is 3.72. The van der Waals surface area contributed by atoms with Gasteiger partial charge in [-0.3, -0.25) is 4.79 Å². The van der Waals surface area contributed by atoms with Gasteiger partial charge in [-0.15, -0.1) is 11.8 Å². The van der Waals surface area contributed by atoms with Gasteiger partial charge in [0.1, 0.15) is 0 Å². The molecular formula is C16H25N3OS. The number of benzene rings is 1. The van der Waals surface area contributed by atoms with E-state index in [9.17, 15) is 4.79 Å². The van der Waals surface area contributed by atoms with Crippen molar-refractivity contribution in [3.05, 3.63) is 29.8 Å². The molecule has 0 aliphatic carbocycles. The maximum Gasteiger partial charge on any atom is 0.233 e. The molecule has 0 radical (unpaired) electrons. The van der Waals surface area contributed by atoms with Gasteiger partial charge >= 0.3 is 0 Å². The van der Waals surface area contributed by atoms with E-state index < -0.39 is 0 Å². The van der Waals surface area contributed by atoms with Gasteiger partial charge < -0.3 is 15.1 Å². The maximum atomic E-state index is 12.2. The van der Waals surface area contributed by atoms with Crippen molar-refractivity contribution >= 4 is 17.7 Å². The van der Waals surface area contributed by atoms with E-state index >= 15 is 0 Å². The molecule has 0 unspecified atom stereocenters.